The summed E-state index contributed by atoms with van der Waals surface area (Å²) in [7, 11) is 0. The molecule has 5 N–H and O–H groups in total. The number of aliphatic hydroxyl groups excluding tert-OH is 2. The molecular weight excluding hydrogens is 168 g/mol. The highest BCUT2D eigenvalue weighted by molar-refractivity contribution is 5.51. The number of benzene rings is 1. The Morgan fingerprint density at radius 3 is 2.46 bits per heavy atom. The maximum Gasteiger partial charge on any atom is 0.0942 e. The third-order valence-electron chi connectivity index (χ3n) is 1.66. The first-order valence-electron chi connectivity index (χ1n) is 4.10. The highest BCUT2D eigenvalue weighted by atomic mass is 16.3. The van der Waals surface area contributed by atoms with E-state index in [1.54, 1.807) is 12.1 Å². The van der Waals surface area contributed by atoms with Gasteiger partial charge in [-0.1, -0.05) is 0 Å². The summed E-state index contributed by atoms with van der Waals surface area (Å²) in [6.07, 6.45) is -0.724. The molecule has 0 radical (unpaired) electrons. The smallest absolute Gasteiger partial charge is 0.0942 e. The molecule has 0 fully saturated rings. The molecule has 0 aliphatic carbocycles. The predicted octanol–water partition coefficient (Wildman–Crippen LogP) is 0.0339. The monoisotopic (exact) mass is 182 g/mol. The van der Waals surface area contributed by atoms with Gasteiger partial charge in [0.15, 0.2) is 0 Å². The van der Waals surface area contributed by atoms with E-state index in [-0.39, 0.29) is 6.61 Å². The van der Waals surface area contributed by atoms with Gasteiger partial charge in [-0.15, -0.1) is 0 Å². The average Bonchev–Trinajstić information content (AvgIpc) is 2.16. The van der Waals surface area contributed by atoms with E-state index in [2.05, 4.69) is 5.32 Å². The number of rotatable bonds is 4. The van der Waals surface area contributed by atoms with Crippen molar-refractivity contribution in [3.05, 3.63) is 24.3 Å². The zero-order valence-electron chi connectivity index (χ0n) is 7.27. The number of anilines is 2. The Morgan fingerprint density at radius 2 is 1.92 bits per heavy atom. The van der Waals surface area contributed by atoms with Crippen molar-refractivity contribution in [1.29, 1.82) is 0 Å². The van der Waals surface area contributed by atoms with Crippen molar-refractivity contribution in [3.63, 3.8) is 0 Å². The highest BCUT2D eigenvalue weighted by Crippen LogP contribution is 2.09. The van der Waals surface area contributed by atoms with Crippen molar-refractivity contribution in [3.8, 4) is 0 Å². The van der Waals surface area contributed by atoms with Gasteiger partial charge in [0.05, 0.1) is 12.7 Å². The topological polar surface area (TPSA) is 78.5 Å². The van der Waals surface area contributed by atoms with Crippen LogP contribution in [0.15, 0.2) is 24.3 Å². The molecule has 1 unspecified atom stereocenters. The van der Waals surface area contributed by atoms with Crippen LogP contribution in [0, 0.1) is 0 Å². The van der Waals surface area contributed by atoms with Crippen LogP contribution < -0.4 is 11.1 Å². The van der Waals surface area contributed by atoms with E-state index in [4.69, 9.17) is 15.9 Å². The standard InChI is InChI=1S/C9H14N2O2/c10-7-1-3-8(4-2-7)11-5-9(13)6-12/h1-4,9,11-13H,5-6,10H2. The van der Waals surface area contributed by atoms with Crippen LogP contribution in [-0.2, 0) is 0 Å². The fourth-order valence-electron chi connectivity index (χ4n) is 0.901. The second kappa shape index (κ2) is 4.69. The normalized spacial score (nSPS) is 12.5. The van der Waals surface area contributed by atoms with Gasteiger partial charge in [0.1, 0.15) is 0 Å². The maximum atomic E-state index is 9.04. The van der Waals surface area contributed by atoms with E-state index in [0.717, 1.165) is 5.69 Å². The predicted molar refractivity (Wildman–Crippen MR) is 52.4 cm³/mol. The maximum absolute atomic E-state index is 9.04. The first kappa shape index (κ1) is 9.83. The number of nitrogens with one attached hydrogen (secondary N) is 1. The SMILES string of the molecule is Nc1ccc(NCC(O)CO)cc1. The van der Waals surface area contributed by atoms with E-state index >= 15 is 0 Å². The highest BCUT2D eigenvalue weighted by Gasteiger charge is 2.00. The third kappa shape index (κ3) is 3.31. The van der Waals surface area contributed by atoms with Crippen LogP contribution >= 0.6 is 0 Å². The number of hydrogen-bond acceptors (Lipinski definition) is 4. The van der Waals surface area contributed by atoms with E-state index in [9.17, 15) is 0 Å². The molecule has 4 heteroatoms. The molecule has 0 aliphatic heterocycles. The summed E-state index contributed by atoms with van der Waals surface area (Å²) in [6.45, 7) is 0.0996. The van der Waals surface area contributed by atoms with E-state index in [1.165, 1.54) is 0 Å². The molecule has 1 rings (SSSR count). The molecule has 0 spiro atoms. The summed E-state index contributed by atoms with van der Waals surface area (Å²) in [5.41, 5.74) is 7.07. The van der Waals surface area contributed by atoms with Gasteiger partial charge in [0.2, 0.25) is 0 Å². The van der Waals surface area contributed by atoms with Crippen LogP contribution in [0.4, 0.5) is 11.4 Å². The molecule has 13 heavy (non-hydrogen) atoms. The van der Waals surface area contributed by atoms with Crippen LogP contribution in [0.5, 0.6) is 0 Å². The average molecular weight is 182 g/mol. The van der Waals surface area contributed by atoms with Gasteiger partial charge in [-0.3, -0.25) is 0 Å². The lowest BCUT2D eigenvalue weighted by Gasteiger charge is -2.09. The lowest BCUT2D eigenvalue weighted by atomic mass is 10.3. The van der Waals surface area contributed by atoms with Crippen LogP contribution in [0.25, 0.3) is 0 Å². The zero-order valence-corrected chi connectivity index (χ0v) is 7.27. The Labute approximate surface area is 77.0 Å². The van der Waals surface area contributed by atoms with E-state index in [0.29, 0.717) is 12.2 Å². The Hall–Kier alpha value is -1.26. The minimum absolute atomic E-state index is 0.234. The Kier molecular flexibility index (Phi) is 3.54. The van der Waals surface area contributed by atoms with Gasteiger partial charge in [0, 0.05) is 17.9 Å². The quantitative estimate of drug-likeness (QED) is 0.495. The van der Waals surface area contributed by atoms with Crippen molar-refractivity contribution >= 4 is 11.4 Å². The third-order valence-corrected chi connectivity index (χ3v) is 1.66. The molecule has 1 aromatic rings. The minimum atomic E-state index is -0.724. The molecule has 0 heterocycles. The van der Waals surface area contributed by atoms with Crippen LogP contribution in [0.1, 0.15) is 0 Å². The number of nitrogen functional groups attached to an aromatic ring is 1. The van der Waals surface area contributed by atoms with Crippen molar-refractivity contribution in [2.24, 2.45) is 0 Å². The summed E-state index contributed by atoms with van der Waals surface area (Å²) < 4.78 is 0. The molecule has 0 saturated carbocycles. The summed E-state index contributed by atoms with van der Waals surface area (Å²) in [6, 6.07) is 7.18. The first-order chi connectivity index (χ1) is 6.22. The number of hydrogen-bond donors (Lipinski definition) is 4. The summed E-state index contributed by atoms with van der Waals surface area (Å²) in [5.74, 6) is 0. The molecule has 0 bridgehead atoms. The lowest BCUT2D eigenvalue weighted by molar-refractivity contribution is 0.105. The molecule has 1 atom stereocenters. The van der Waals surface area contributed by atoms with Crippen LogP contribution in [0.2, 0.25) is 0 Å². The Balaban J connectivity index is 2.41. The van der Waals surface area contributed by atoms with Crippen LogP contribution in [-0.4, -0.2) is 29.5 Å². The van der Waals surface area contributed by atoms with Gasteiger partial charge in [0.25, 0.3) is 0 Å². The number of aliphatic hydroxyl groups is 2. The van der Waals surface area contributed by atoms with Gasteiger partial charge in [-0.05, 0) is 24.3 Å². The molecular formula is C9H14N2O2. The largest absolute Gasteiger partial charge is 0.399 e. The summed E-state index contributed by atoms with van der Waals surface area (Å²) in [5, 5.41) is 20.5. The molecule has 1 aromatic carbocycles. The molecule has 0 saturated heterocycles. The van der Waals surface area contributed by atoms with E-state index in [1.807, 2.05) is 12.1 Å². The first-order valence-corrected chi connectivity index (χ1v) is 4.10. The fraction of sp³-hybridized carbons (Fsp3) is 0.333. The van der Waals surface area contributed by atoms with Gasteiger partial charge >= 0.3 is 0 Å². The minimum Gasteiger partial charge on any atom is -0.399 e. The second-order valence-electron chi connectivity index (χ2n) is 2.84. The second-order valence-corrected chi connectivity index (χ2v) is 2.84. The zero-order chi connectivity index (χ0) is 9.68. The lowest BCUT2D eigenvalue weighted by Crippen LogP contribution is -2.22. The van der Waals surface area contributed by atoms with E-state index < -0.39 is 6.10 Å². The van der Waals surface area contributed by atoms with Crippen LogP contribution in [0.3, 0.4) is 0 Å². The molecule has 0 aromatic heterocycles. The molecule has 0 amide bonds. The van der Waals surface area contributed by atoms with Gasteiger partial charge < -0.3 is 21.3 Å². The fourth-order valence-corrected chi connectivity index (χ4v) is 0.901. The summed E-state index contributed by atoms with van der Waals surface area (Å²) in [4.78, 5) is 0. The van der Waals surface area contributed by atoms with Crippen molar-refractivity contribution < 1.29 is 10.2 Å². The summed E-state index contributed by atoms with van der Waals surface area (Å²) >= 11 is 0. The number of nitrogens with two attached hydrogens (primary N) is 1. The van der Waals surface area contributed by atoms with Crippen molar-refractivity contribution in [1.82, 2.24) is 0 Å². The molecule has 72 valence electrons. The van der Waals surface area contributed by atoms with Gasteiger partial charge in [-0.25, -0.2) is 0 Å². The Morgan fingerprint density at radius 1 is 1.31 bits per heavy atom. The molecule has 4 nitrogen and oxygen atoms in total. The van der Waals surface area contributed by atoms with Crippen molar-refractivity contribution in [2.45, 2.75) is 6.10 Å². The Bertz CT molecular complexity index is 248. The molecule has 0 aliphatic rings. The van der Waals surface area contributed by atoms with Crippen molar-refractivity contribution in [2.75, 3.05) is 24.2 Å². The van der Waals surface area contributed by atoms with Gasteiger partial charge in [-0.2, -0.15) is 0 Å².